The van der Waals surface area contributed by atoms with Crippen LogP contribution in [0.25, 0.3) is 0 Å². The van der Waals surface area contributed by atoms with Crippen molar-refractivity contribution in [3.8, 4) is 11.5 Å². The molecule has 1 aliphatic rings. The molecule has 0 aliphatic carbocycles. The molecule has 0 spiro atoms. The lowest BCUT2D eigenvalue weighted by atomic mass is 10.0. The molecule has 1 aliphatic heterocycles. The predicted molar refractivity (Wildman–Crippen MR) is 74.7 cm³/mol. The van der Waals surface area contributed by atoms with Crippen molar-refractivity contribution in [2.45, 2.75) is 18.2 Å². The van der Waals surface area contributed by atoms with Gasteiger partial charge in [0, 0.05) is 30.2 Å². The summed E-state index contributed by atoms with van der Waals surface area (Å²) in [4.78, 5) is 0. The average molecular weight is 315 g/mol. The molecule has 18 heavy (non-hydrogen) atoms. The van der Waals surface area contributed by atoms with Crippen LogP contribution in [0.2, 0.25) is 0 Å². The fourth-order valence-corrected chi connectivity index (χ4v) is 2.49. The third kappa shape index (κ3) is 3.62. The summed E-state index contributed by atoms with van der Waals surface area (Å²) in [5.41, 5.74) is 1.16. The van der Waals surface area contributed by atoms with E-state index in [2.05, 4.69) is 15.9 Å². The molecule has 4 heteroatoms. The molecular weight excluding hydrogens is 296 g/mol. The van der Waals surface area contributed by atoms with Crippen molar-refractivity contribution < 1.29 is 14.2 Å². The van der Waals surface area contributed by atoms with Gasteiger partial charge in [-0.25, -0.2) is 0 Å². The molecule has 0 bridgehead atoms. The van der Waals surface area contributed by atoms with Crippen molar-refractivity contribution in [1.82, 2.24) is 0 Å². The first kappa shape index (κ1) is 13.7. The lowest BCUT2D eigenvalue weighted by Gasteiger charge is -2.22. The Morgan fingerprint density at radius 3 is 2.78 bits per heavy atom. The average Bonchev–Trinajstić information content (AvgIpc) is 2.45. The number of alkyl halides is 1. The second-order valence-electron chi connectivity index (χ2n) is 4.47. The Morgan fingerprint density at radius 2 is 2.11 bits per heavy atom. The standard InChI is InChI=1S/C14H19BrO3/c1-16-13-3-2-12(9-15)14(8-13)18-10-11-4-6-17-7-5-11/h2-3,8,11H,4-7,9-10H2,1H3. The molecule has 0 atom stereocenters. The highest BCUT2D eigenvalue weighted by molar-refractivity contribution is 9.08. The Kier molecular flexibility index (Phi) is 5.32. The fraction of sp³-hybridized carbons (Fsp3) is 0.571. The number of benzene rings is 1. The van der Waals surface area contributed by atoms with E-state index in [1.165, 1.54) is 0 Å². The minimum Gasteiger partial charge on any atom is -0.497 e. The van der Waals surface area contributed by atoms with E-state index in [0.29, 0.717) is 5.92 Å². The SMILES string of the molecule is COc1ccc(CBr)c(OCC2CCOCC2)c1. The molecule has 0 N–H and O–H groups in total. The smallest absolute Gasteiger partial charge is 0.127 e. The third-order valence-corrected chi connectivity index (χ3v) is 3.84. The molecule has 1 aromatic carbocycles. The van der Waals surface area contributed by atoms with Gasteiger partial charge in [-0.05, 0) is 24.8 Å². The summed E-state index contributed by atoms with van der Waals surface area (Å²) < 4.78 is 16.5. The van der Waals surface area contributed by atoms with Crippen LogP contribution in [0.3, 0.4) is 0 Å². The number of ether oxygens (including phenoxy) is 3. The van der Waals surface area contributed by atoms with Gasteiger partial charge in [-0.3, -0.25) is 0 Å². The number of halogens is 1. The molecule has 2 rings (SSSR count). The van der Waals surface area contributed by atoms with Crippen LogP contribution in [0, 0.1) is 5.92 Å². The van der Waals surface area contributed by atoms with Gasteiger partial charge in [0.25, 0.3) is 0 Å². The Hall–Kier alpha value is -0.740. The van der Waals surface area contributed by atoms with Gasteiger partial charge in [0.1, 0.15) is 11.5 Å². The zero-order valence-corrected chi connectivity index (χ0v) is 12.2. The molecule has 1 fully saturated rings. The Labute approximate surface area is 117 Å². The van der Waals surface area contributed by atoms with Crippen LogP contribution in [0.15, 0.2) is 18.2 Å². The summed E-state index contributed by atoms with van der Waals surface area (Å²) in [6.07, 6.45) is 2.18. The normalized spacial score (nSPS) is 16.6. The minimum absolute atomic E-state index is 0.605. The van der Waals surface area contributed by atoms with Crippen molar-refractivity contribution in [3.63, 3.8) is 0 Å². The first-order chi connectivity index (χ1) is 8.83. The van der Waals surface area contributed by atoms with E-state index in [-0.39, 0.29) is 0 Å². The van der Waals surface area contributed by atoms with E-state index >= 15 is 0 Å². The summed E-state index contributed by atoms with van der Waals surface area (Å²) in [7, 11) is 1.67. The van der Waals surface area contributed by atoms with Gasteiger partial charge in [0.15, 0.2) is 0 Å². The largest absolute Gasteiger partial charge is 0.497 e. The van der Waals surface area contributed by atoms with Gasteiger partial charge in [0.2, 0.25) is 0 Å². The summed E-state index contributed by atoms with van der Waals surface area (Å²) >= 11 is 3.48. The van der Waals surface area contributed by atoms with Crippen LogP contribution in [-0.2, 0) is 10.1 Å². The number of hydrogen-bond acceptors (Lipinski definition) is 3. The number of hydrogen-bond donors (Lipinski definition) is 0. The quantitative estimate of drug-likeness (QED) is 0.780. The summed E-state index contributed by atoms with van der Waals surface area (Å²) in [6, 6.07) is 5.95. The highest BCUT2D eigenvalue weighted by atomic mass is 79.9. The zero-order chi connectivity index (χ0) is 12.8. The maximum absolute atomic E-state index is 5.94. The zero-order valence-electron chi connectivity index (χ0n) is 10.7. The Morgan fingerprint density at radius 1 is 1.33 bits per heavy atom. The molecule has 3 nitrogen and oxygen atoms in total. The maximum atomic E-state index is 5.94. The van der Waals surface area contributed by atoms with Gasteiger partial charge in [-0.2, -0.15) is 0 Å². The van der Waals surface area contributed by atoms with E-state index in [9.17, 15) is 0 Å². The second-order valence-corrected chi connectivity index (χ2v) is 5.03. The van der Waals surface area contributed by atoms with E-state index in [1.54, 1.807) is 7.11 Å². The summed E-state index contributed by atoms with van der Waals surface area (Å²) in [5.74, 6) is 2.35. The molecule has 1 saturated heterocycles. The number of methoxy groups -OCH3 is 1. The van der Waals surface area contributed by atoms with Crippen LogP contribution in [-0.4, -0.2) is 26.9 Å². The van der Waals surface area contributed by atoms with E-state index in [4.69, 9.17) is 14.2 Å². The van der Waals surface area contributed by atoms with Gasteiger partial charge in [-0.15, -0.1) is 0 Å². The highest BCUT2D eigenvalue weighted by Gasteiger charge is 2.15. The molecule has 0 unspecified atom stereocenters. The van der Waals surface area contributed by atoms with E-state index in [1.807, 2.05) is 18.2 Å². The van der Waals surface area contributed by atoms with Gasteiger partial charge >= 0.3 is 0 Å². The summed E-state index contributed by atoms with van der Waals surface area (Å²) in [6.45, 7) is 2.48. The molecule has 0 saturated carbocycles. The lowest BCUT2D eigenvalue weighted by molar-refractivity contribution is 0.0496. The molecule has 100 valence electrons. The van der Waals surface area contributed by atoms with Crippen molar-refractivity contribution in [2.75, 3.05) is 26.9 Å². The molecule has 1 aromatic rings. The highest BCUT2D eigenvalue weighted by Crippen LogP contribution is 2.27. The van der Waals surface area contributed by atoms with Crippen LogP contribution in [0.5, 0.6) is 11.5 Å². The first-order valence-electron chi connectivity index (χ1n) is 6.27. The lowest BCUT2D eigenvalue weighted by Crippen LogP contribution is -2.21. The monoisotopic (exact) mass is 314 g/mol. The molecule has 0 aromatic heterocycles. The van der Waals surface area contributed by atoms with Crippen molar-refractivity contribution in [3.05, 3.63) is 23.8 Å². The number of rotatable bonds is 5. The van der Waals surface area contributed by atoms with Crippen molar-refractivity contribution in [2.24, 2.45) is 5.92 Å². The van der Waals surface area contributed by atoms with Crippen LogP contribution in [0.1, 0.15) is 18.4 Å². The predicted octanol–water partition coefficient (Wildman–Crippen LogP) is 3.40. The van der Waals surface area contributed by atoms with Gasteiger partial charge in [0.05, 0.1) is 13.7 Å². The van der Waals surface area contributed by atoms with Crippen molar-refractivity contribution in [1.29, 1.82) is 0 Å². The molecule has 0 amide bonds. The molecule has 0 radical (unpaired) electrons. The van der Waals surface area contributed by atoms with Crippen LogP contribution in [0.4, 0.5) is 0 Å². The molecular formula is C14H19BrO3. The van der Waals surface area contributed by atoms with Crippen LogP contribution >= 0.6 is 15.9 Å². The Bertz CT molecular complexity index is 375. The first-order valence-corrected chi connectivity index (χ1v) is 7.39. The van der Waals surface area contributed by atoms with Gasteiger partial charge in [-0.1, -0.05) is 22.0 Å². The molecule has 1 heterocycles. The minimum atomic E-state index is 0.605. The van der Waals surface area contributed by atoms with E-state index < -0.39 is 0 Å². The third-order valence-electron chi connectivity index (χ3n) is 3.23. The second kappa shape index (κ2) is 7.00. The van der Waals surface area contributed by atoms with Gasteiger partial charge < -0.3 is 14.2 Å². The topological polar surface area (TPSA) is 27.7 Å². The van der Waals surface area contributed by atoms with E-state index in [0.717, 1.165) is 55.1 Å². The maximum Gasteiger partial charge on any atom is 0.127 e. The fourth-order valence-electron chi connectivity index (χ4n) is 2.03. The van der Waals surface area contributed by atoms with Crippen molar-refractivity contribution >= 4 is 15.9 Å². The Balaban J connectivity index is 1.97. The summed E-state index contributed by atoms with van der Waals surface area (Å²) in [5, 5.41) is 0.792. The van der Waals surface area contributed by atoms with Crippen LogP contribution < -0.4 is 9.47 Å².